The Bertz CT molecular complexity index is 762. The van der Waals surface area contributed by atoms with Crippen molar-refractivity contribution in [2.45, 2.75) is 32.4 Å². The van der Waals surface area contributed by atoms with Gasteiger partial charge < -0.3 is 5.32 Å². The quantitative estimate of drug-likeness (QED) is 0.681. The Hall–Kier alpha value is -2.63. The minimum atomic E-state index is -0.240. The molecular weight excluding hydrogens is 290 g/mol. The van der Waals surface area contributed by atoms with Gasteiger partial charge in [0.25, 0.3) is 0 Å². The maximum atomic E-state index is 12.3. The number of carbonyl (C=O) groups excluding carboxylic acids is 1. The minimum Gasteiger partial charge on any atom is -0.354 e. The van der Waals surface area contributed by atoms with Crippen LogP contribution < -0.4 is 5.32 Å². The Morgan fingerprint density at radius 3 is 2.91 bits per heavy atom. The Morgan fingerprint density at radius 2 is 2.13 bits per heavy atom. The second-order valence-corrected chi connectivity index (χ2v) is 5.48. The van der Waals surface area contributed by atoms with E-state index in [1.165, 1.54) is 0 Å². The highest BCUT2D eigenvalue weighted by atomic mass is 16.2. The first-order chi connectivity index (χ1) is 11.3. The molecule has 23 heavy (non-hydrogen) atoms. The van der Waals surface area contributed by atoms with Crippen molar-refractivity contribution in [1.82, 2.24) is 24.9 Å². The Morgan fingerprint density at radius 1 is 1.26 bits per heavy atom. The first-order valence-electron chi connectivity index (χ1n) is 7.97. The molecule has 0 saturated heterocycles. The van der Waals surface area contributed by atoms with Crippen LogP contribution >= 0.6 is 0 Å². The van der Waals surface area contributed by atoms with Gasteiger partial charge in [-0.1, -0.05) is 25.1 Å². The lowest BCUT2D eigenvalue weighted by atomic mass is 10.2. The normalized spacial score (nSPS) is 12.4. The maximum Gasteiger partial charge on any atom is 0.244 e. The molecule has 1 atom stereocenters. The van der Waals surface area contributed by atoms with Gasteiger partial charge in [-0.25, -0.2) is 0 Å². The molecule has 0 unspecified atom stereocenters. The molecule has 0 spiro atoms. The predicted molar refractivity (Wildman–Crippen MR) is 88.9 cm³/mol. The van der Waals surface area contributed by atoms with Gasteiger partial charge in [0, 0.05) is 30.9 Å². The van der Waals surface area contributed by atoms with E-state index in [2.05, 4.69) is 27.6 Å². The molecule has 3 aromatic rings. The molecule has 0 aliphatic carbocycles. The smallest absolute Gasteiger partial charge is 0.244 e. The Kier molecular flexibility index (Phi) is 4.71. The van der Waals surface area contributed by atoms with Crippen molar-refractivity contribution >= 4 is 16.8 Å². The van der Waals surface area contributed by atoms with Gasteiger partial charge in [0.1, 0.15) is 6.04 Å². The molecule has 1 amide bonds. The van der Waals surface area contributed by atoms with Crippen molar-refractivity contribution in [1.29, 1.82) is 0 Å². The summed E-state index contributed by atoms with van der Waals surface area (Å²) in [7, 11) is 0. The molecular formula is C17H21N5O. The zero-order valence-electron chi connectivity index (χ0n) is 13.2. The molecule has 0 bridgehead atoms. The second-order valence-electron chi connectivity index (χ2n) is 5.48. The van der Waals surface area contributed by atoms with E-state index >= 15 is 0 Å². The van der Waals surface area contributed by atoms with E-state index in [1.807, 2.05) is 42.2 Å². The van der Waals surface area contributed by atoms with E-state index in [-0.39, 0.29) is 11.9 Å². The van der Waals surface area contributed by atoms with Gasteiger partial charge in [0.15, 0.2) is 0 Å². The predicted octanol–water partition coefficient (Wildman–Crippen LogP) is 2.39. The molecule has 6 nitrogen and oxygen atoms in total. The van der Waals surface area contributed by atoms with Gasteiger partial charge in [-0.3, -0.25) is 14.2 Å². The molecule has 2 heterocycles. The molecule has 3 rings (SSSR count). The van der Waals surface area contributed by atoms with Crippen LogP contribution in [0.2, 0.25) is 0 Å². The largest absolute Gasteiger partial charge is 0.354 e. The van der Waals surface area contributed by atoms with Crippen LogP contribution in [0.5, 0.6) is 0 Å². The first-order valence-corrected chi connectivity index (χ1v) is 7.97. The third-order valence-corrected chi connectivity index (χ3v) is 3.93. The average Bonchev–Trinajstić information content (AvgIpc) is 3.22. The molecule has 120 valence electrons. The lowest BCUT2D eigenvalue weighted by Crippen LogP contribution is -2.33. The molecule has 6 heteroatoms. The average molecular weight is 311 g/mol. The number of amides is 1. The van der Waals surface area contributed by atoms with Gasteiger partial charge in [0.05, 0.1) is 11.7 Å². The molecule has 0 radical (unpaired) electrons. The fraction of sp³-hybridized carbons (Fsp3) is 0.353. The molecule has 1 N–H and O–H groups in total. The highest BCUT2D eigenvalue weighted by molar-refractivity contribution is 5.80. The van der Waals surface area contributed by atoms with Gasteiger partial charge in [-0.2, -0.15) is 10.2 Å². The van der Waals surface area contributed by atoms with Crippen molar-refractivity contribution in [3.05, 3.63) is 48.9 Å². The van der Waals surface area contributed by atoms with E-state index < -0.39 is 0 Å². The summed E-state index contributed by atoms with van der Waals surface area (Å²) in [6.45, 7) is 3.40. The summed E-state index contributed by atoms with van der Waals surface area (Å²) in [5.74, 6) is 0.0153. The zero-order valence-corrected chi connectivity index (χ0v) is 13.2. The molecule has 1 aromatic carbocycles. The lowest BCUT2D eigenvalue weighted by molar-refractivity contribution is -0.124. The number of carbonyl (C=O) groups is 1. The number of hydrogen-bond donors (Lipinski definition) is 1. The van der Waals surface area contributed by atoms with Crippen molar-refractivity contribution in [2.24, 2.45) is 0 Å². The van der Waals surface area contributed by atoms with Gasteiger partial charge in [0.2, 0.25) is 5.91 Å². The van der Waals surface area contributed by atoms with Crippen molar-refractivity contribution in [3.63, 3.8) is 0 Å². The highest BCUT2D eigenvalue weighted by Gasteiger charge is 2.17. The molecule has 0 aliphatic rings. The van der Waals surface area contributed by atoms with Crippen LogP contribution in [0.15, 0.2) is 48.9 Å². The van der Waals surface area contributed by atoms with Crippen LogP contribution in [0.25, 0.3) is 10.9 Å². The summed E-state index contributed by atoms with van der Waals surface area (Å²) in [6, 6.07) is 9.73. The van der Waals surface area contributed by atoms with E-state index in [1.54, 1.807) is 10.9 Å². The first kappa shape index (κ1) is 15.3. The zero-order chi connectivity index (χ0) is 16.1. The lowest BCUT2D eigenvalue weighted by Gasteiger charge is -2.15. The van der Waals surface area contributed by atoms with E-state index in [0.717, 1.165) is 30.3 Å². The monoisotopic (exact) mass is 311 g/mol. The number of fused-ring (bicyclic) bond motifs is 1. The number of rotatable bonds is 7. The van der Waals surface area contributed by atoms with Crippen molar-refractivity contribution in [2.75, 3.05) is 6.54 Å². The maximum absolute atomic E-state index is 12.3. The third kappa shape index (κ3) is 3.41. The number of para-hydroxylation sites is 1. The SMILES string of the molecule is CC[C@H](C(=O)NCCCn1ncc2ccccc21)n1cccn1. The Labute approximate surface area is 135 Å². The van der Waals surface area contributed by atoms with Crippen LogP contribution in [0.1, 0.15) is 25.8 Å². The fourth-order valence-electron chi connectivity index (χ4n) is 2.72. The number of nitrogens with zero attached hydrogens (tertiary/aromatic N) is 4. The Balaban J connectivity index is 1.50. The number of aromatic nitrogens is 4. The number of benzene rings is 1. The molecule has 0 saturated carbocycles. The van der Waals surface area contributed by atoms with E-state index in [4.69, 9.17) is 0 Å². The number of hydrogen-bond acceptors (Lipinski definition) is 3. The van der Waals surface area contributed by atoms with Crippen molar-refractivity contribution < 1.29 is 4.79 Å². The highest BCUT2D eigenvalue weighted by Crippen LogP contribution is 2.13. The van der Waals surface area contributed by atoms with Crippen LogP contribution in [-0.4, -0.2) is 32.0 Å². The van der Waals surface area contributed by atoms with Crippen LogP contribution in [-0.2, 0) is 11.3 Å². The molecule has 0 fully saturated rings. The van der Waals surface area contributed by atoms with E-state index in [9.17, 15) is 4.79 Å². The summed E-state index contributed by atoms with van der Waals surface area (Å²) >= 11 is 0. The second kappa shape index (κ2) is 7.09. The number of nitrogens with one attached hydrogen (secondary N) is 1. The van der Waals surface area contributed by atoms with Gasteiger partial charge >= 0.3 is 0 Å². The minimum absolute atomic E-state index is 0.0153. The fourth-order valence-corrected chi connectivity index (χ4v) is 2.72. The summed E-state index contributed by atoms with van der Waals surface area (Å²) < 4.78 is 3.68. The summed E-state index contributed by atoms with van der Waals surface area (Å²) in [4.78, 5) is 12.3. The van der Waals surface area contributed by atoms with Gasteiger partial charge in [-0.15, -0.1) is 0 Å². The standard InChI is InChI=1S/C17H21N5O/c1-2-15(21-12-6-10-19-21)17(23)18-9-5-11-22-16-8-4-3-7-14(16)13-20-22/h3-4,6-8,10,12-13,15H,2,5,9,11H2,1H3,(H,18,23)/t15-/m1/s1. The number of aryl methyl sites for hydroxylation is 1. The summed E-state index contributed by atoms with van der Waals surface area (Å²) in [5.41, 5.74) is 1.13. The molecule has 2 aromatic heterocycles. The summed E-state index contributed by atoms with van der Waals surface area (Å²) in [5, 5.41) is 12.7. The van der Waals surface area contributed by atoms with E-state index in [0.29, 0.717) is 6.54 Å². The molecule has 0 aliphatic heterocycles. The topological polar surface area (TPSA) is 64.7 Å². The van der Waals surface area contributed by atoms with Crippen LogP contribution in [0.4, 0.5) is 0 Å². The van der Waals surface area contributed by atoms with Crippen LogP contribution in [0.3, 0.4) is 0 Å². The van der Waals surface area contributed by atoms with Crippen LogP contribution in [0, 0.1) is 0 Å². The third-order valence-electron chi connectivity index (χ3n) is 3.93. The summed E-state index contributed by atoms with van der Waals surface area (Å²) in [6.07, 6.45) is 6.95. The van der Waals surface area contributed by atoms with Gasteiger partial charge in [-0.05, 0) is 25.0 Å². The van der Waals surface area contributed by atoms with Crippen molar-refractivity contribution in [3.8, 4) is 0 Å².